The van der Waals surface area contributed by atoms with Gasteiger partial charge in [0.25, 0.3) is 5.91 Å². The molecule has 162 valence electrons. The first-order valence-electron chi connectivity index (χ1n) is 11.6. The molecule has 0 saturated carbocycles. The van der Waals surface area contributed by atoms with E-state index in [1.807, 2.05) is 0 Å². The first-order valence-corrected chi connectivity index (χ1v) is 11.6. The molecule has 2 aromatic rings. The van der Waals surface area contributed by atoms with Crippen LogP contribution in [-0.2, 0) is 6.42 Å². The Bertz CT molecular complexity index is 748. The molecule has 0 bridgehead atoms. The zero-order valence-electron chi connectivity index (χ0n) is 18.0. The lowest BCUT2D eigenvalue weighted by Crippen LogP contribution is -2.49. The maximum atomic E-state index is 13.1. The molecule has 0 N–H and O–H groups in total. The van der Waals surface area contributed by atoms with Gasteiger partial charge in [-0.25, -0.2) is 0 Å². The van der Waals surface area contributed by atoms with Crippen LogP contribution in [0.4, 0.5) is 0 Å². The van der Waals surface area contributed by atoms with Gasteiger partial charge in [-0.15, -0.1) is 0 Å². The van der Waals surface area contributed by atoms with Gasteiger partial charge in [0.1, 0.15) is 0 Å². The normalized spacial score (nSPS) is 18.7. The van der Waals surface area contributed by atoms with Gasteiger partial charge in [0.2, 0.25) is 0 Å². The summed E-state index contributed by atoms with van der Waals surface area (Å²) >= 11 is 0. The van der Waals surface area contributed by atoms with Crippen molar-refractivity contribution in [3.05, 3.63) is 60.1 Å². The molecule has 2 aliphatic rings. The van der Waals surface area contributed by atoms with E-state index in [1.165, 1.54) is 37.9 Å². The van der Waals surface area contributed by atoms with Gasteiger partial charge in [-0.3, -0.25) is 4.79 Å². The molecule has 4 rings (SSSR count). The largest absolute Gasteiger partial charge is 0.459 e. The van der Waals surface area contributed by atoms with Crippen LogP contribution in [0.3, 0.4) is 0 Å². The highest BCUT2D eigenvalue weighted by Crippen LogP contribution is 2.20. The number of hydrogen-bond donors (Lipinski definition) is 0. The van der Waals surface area contributed by atoms with E-state index in [-0.39, 0.29) is 5.91 Å². The van der Waals surface area contributed by atoms with Crippen LogP contribution in [0.2, 0.25) is 0 Å². The van der Waals surface area contributed by atoms with Crippen LogP contribution < -0.4 is 0 Å². The topological polar surface area (TPSA) is 39.9 Å². The van der Waals surface area contributed by atoms with E-state index in [0.29, 0.717) is 11.8 Å². The third-order valence-electron chi connectivity index (χ3n) is 6.63. The Kier molecular flexibility index (Phi) is 7.59. The molecule has 3 heterocycles. The maximum absolute atomic E-state index is 13.1. The zero-order chi connectivity index (χ0) is 20.6. The van der Waals surface area contributed by atoms with Crippen LogP contribution in [0.25, 0.3) is 0 Å². The average Bonchev–Trinajstić information content (AvgIpc) is 3.50. The molecular formula is C25H35N3O2. The molecule has 0 unspecified atom stereocenters. The smallest absolute Gasteiger partial charge is 0.289 e. The fourth-order valence-corrected chi connectivity index (χ4v) is 4.85. The van der Waals surface area contributed by atoms with Gasteiger partial charge >= 0.3 is 0 Å². The number of furan rings is 1. The third kappa shape index (κ3) is 5.73. The number of nitrogens with zero attached hydrogens (tertiary/aromatic N) is 3. The number of piperidine rings is 1. The molecule has 5 heteroatoms. The first kappa shape index (κ1) is 21.1. The molecule has 0 spiro atoms. The lowest BCUT2D eigenvalue weighted by molar-refractivity contribution is 0.0517. The summed E-state index contributed by atoms with van der Waals surface area (Å²) in [7, 11) is 0. The lowest BCUT2D eigenvalue weighted by atomic mass is 10.0. The summed E-state index contributed by atoms with van der Waals surface area (Å²) in [5.41, 5.74) is 1.42. The number of amides is 1. The van der Waals surface area contributed by atoms with Crippen LogP contribution in [-0.4, -0.2) is 72.5 Å². The standard InChI is InChI=1S/C25H35N3O2/c29-25(24-11-7-21-30-24)28(20-19-26-14-4-5-15-26)23-12-17-27(18-13-23)16-6-10-22-8-2-1-3-9-22/h1-3,7-9,11,21,23H,4-6,10,12-20H2. The van der Waals surface area contributed by atoms with E-state index in [2.05, 4.69) is 45.0 Å². The highest BCUT2D eigenvalue weighted by molar-refractivity contribution is 5.91. The van der Waals surface area contributed by atoms with E-state index >= 15 is 0 Å². The van der Waals surface area contributed by atoms with Crippen molar-refractivity contribution in [1.29, 1.82) is 0 Å². The third-order valence-corrected chi connectivity index (χ3v) is 6.63. The Morgan fingerprint density at radius 2 is 1.67 bits per heavy atom. The van der Waals surface area contributed by atoms with Crippen LogP contribution in [0.15, 0.2) is 53.1 Å². The molecule has 2 saturated heterocycles. The molecule has 30 heavy (non-hydrogen) atoms. The van der Waals surface area contributed by atoms with Gasteiger partial charge in [0, 0.05) is 32.2 Å². The predicted molar refractivity (Wildman–Crippen MR) is 120 cm³/mol. The first-order chi connectivity index (χ1) is 14.8. The quantitative estimate of drug-likeness (QED) is 0.629. The number of carbonyl (C=O) groups is 1. The highest BCUT2D eigenvalue weighted by Gasteiger charge is 2.30. The Hall–Kier alpha value is -2.11. The summed E-state index contributed by atoms with van der Waals surface area (Å²) in [5.74, 6) is 0.531. The number of carbonyl (C=O) groups excluding carboxylic acids is 1. The fourth-order valence-electron chi connectivity index (χ4n) is 4.85. The van der Waals surface area contributed by atoms with E-state index < -0.39 is 0 Å². The maximum Gasteiger partial charge on any atom is 0.289 e. The summed E-state index contributed by atoms with van der Waals surface area (Å²) in [4.78, 5) is 20.3. The van der Waals surface area contributed by atoms with Crippen molar-refractivity contribution in [3.8, 4) is 0 Å². The van der Waals surface area contributed by atoms with E-state index in [4.69, 9.17) is 4.42 Å². The molecule has 2 fully saturated rings. The van der Waals surface area contributed by atoms with Crippen molar-refractivity contribution in [1.82, 2.24) is 14.7 Å². The number of rotatable bonds is 9. The predicted octanol–water partition coefficient (Wildman–Crippen LogP) is 3.91. The number of likely N-dealkylation sites (tertiary alicyclic amines) is 2. The van der Waals surface area contributed by atoms with Gasteiger partial charge in [0.05, 0.1) is 6.26 Å². The van der Waals surface area contributed by atoms with Crippen molar-refractivity contribution in [2.24, 2.45) is 0 Å². The highest BCUT2D eigenvalue weighted by atomic mass is 16.3. The second kappa shape index (κ2) is 10.8. The summed E-state index contributed by atoms with van der Waals surface area (Å²) in [6.07, 6.45) is 8.61. The number of hydrogen-bond acceptors (Lipinski definition) is 4. The van der Waals surface area contributed by atoms with Crippen molar-refractivity contribution in [3.63, 3.8) is 0 Å². The molecule has 5 nitrogen and oxygen atoms in total. The molecule has 0 aliphatic carbocycles. The summed E-state index contributed by atoms with van der Waals surface area (Å²) in [6, 6.07) is 14.7. The Morgan fingerprint density at radius 3 is 2.37 bits per heavy atom. The number of benzene rings is 1. The van der Waals surface area contributed by atoms with Gasteiger partial charge in [0.15, 0.2) is 5.76 Å². The van der Waals surface area contributed by atoms with Crippen LogP contribution in [0, 0.1) is 0 Å². The van der Waals surface area contributed by atoms with Crippen LogP contribution in [0.5, 0.6) is 0 Å². The Labute approximate surface area is 180 Å². The second-order valence-corrected chi connectivity index (χ2v) is 8.69. The monoisotopic (exact) mass is 409 g/mol. The fraction of sp³-hybridized carbons (Fsp3) is 0.560. The van der Waals surface area contributed by atoms with Crippen molar-refractivity contribution in [2.45, 2.75) is 44.6 Å². The minimum absolute atomic E-state index is 0.0572. The molecular weight excluding hydrogens is 374 g/mol. The van der Waals surface area contributed by atoms with E-state index in [0.717, 1.165) is 52.0 Å². The van der Waals surface area contributed by atoms with E-state index in [9.17, 15) is 4.79 Å². The van der Waals surface area contributed by atoms with Gasteiger partial charge in [-0.2, -0.15) is 0 Å². The average molecular weight is 410 g/mol. The molecule has 2 aliphatic heterocycles. The van der Waals surface area contributed by atoms with Crippen LogP contribution >= 0.6 is 0 Å². The molecule has 1 amide bonds. The summed E-state index contributed by atoms with van der Waals surface area (Å²) in [6.45, 7) is 7.41. The molecule has 0 atom stereocenters. The van der Waals surface area contributed by atoms with Gasteiger partial charge in [-0.1, -0.05) is 30.3 Å². The van der Waals surface area contributed by atoms with Crippen LogP contribution in [0.1, 0.15) is 48.2 Å². The van der Waals surface area contributed by atoms with Crippen molar-refractivity contribution < 1.29 is 9.21 Å². The SMILES string of the molecule is O=C(c1ccco1)N(CCN1CCCC1)C1CCN(CCCc2ccccc2)CC1. The minimum atomic E-state index is 0.0572. The Morgan fingerprint density at radius 1 is 0.933 bits per heavy atom. The molecule has 1 aromatic heterocycles. The van der Waals surface area contributed by atoms with E-state index in [1.54, 1.807) is 18.4 Å². The zero-order valence-corrected chi connectivity index (χ0v) is 18.0. The van der Waals surface area contributed by atoms with Gasteiger partial charge in [-0.05, 0) is 75.9 Å². The molecule has 1 aromatic carbocycles. The second-order valence-electron chi connectivity index (χ2n) is 8.69. The Balaban J connectivity index is 1.27. The number of aryl methyl sites for hydroxylation is 1. The van der Waals surface area contributed by atoms with Crippen molar-refractivity contribution in [2.75, 3.05) is 45.8 Å². The van der Waals surface area contributed by atoms with Gasteiger partial charge < -0.3 is 19.1 Å². The minimum Gasteiger partial charge on any atom is -0.459 e. The summed E-state index contributed by atoms with van der Waals surface area (Å²) < 4.78 is 5.44. The molecule has 0 radical (unpaired) electrons. The summed E-state index contributed by atoms with van der Waals surface area (Å²) in [5, 5.41) is 0. The van der Waals surface area contributed by atoms with Crippen molar-refractivity contribution >= 4 is 5.91 Å². The lowest BCUT2D eigenvalue weighted by Gasteiger charge is -2.39.